The first-order valence-corrected chi connectivity index (χ1v) is 6.94. The summed E-state index contributed by atoms with van der Waals surface area (Å²) in [5, 5.41) is 10.9. The number of hydrogen-bond acceptors (Lipinski definition) is 5. The van der Waals surface area contributed by atoms with Gasteiger partial charge in [-0.1, -0.05) is 6.07 Å². The molecule has 8 heteroatoms. The van der Waals surface area contributed by atoms with Gasteiger partial charge in [0.1, 0.15) is 6.04 Å². The zero-order valence-corrected chi connectivity index (χ0v) is 12.1. The molecule has 2 fully saturated rings. The maximum Gasteiger partial charge on any atom is 0.332 e. The number of amides is 3. The molecule has 0 aliphatic carbocycles. The van der Waals surface area contributed by atoms with Gasteiger partial charge in [-0.2, -0.15) is 0 Å². The highest BCUT2D eigenvalue weighted by molar-refractivity contribution is 6.21. The summed E-state index contributed by atoms with van der Waals surface area (Å²) in [7, 11) is 0. The van der Waals surface area contributed by atoms with Crippen molar-refractivity contribution < 1.29 is 19.2 Å². The zero-order valence-electron chi connectivity index (χ0n) is 12.1. The van der Waals surface area contributed by atoms with E-state index in [0.29, 0.717) is 6.54 Å². The Morgan fingerprint density at radius 3 is 2.73 bits per heavy atom. The lowest BCUT2D eigenvalue weighted by atomic mass is 10.1. The van der Waals surface area contributed by atoms with Crippen LogP contribution in [-0.2, 0) is 9.53 Å². The summed E-state index contributed by atoms with van der Waals surface area (Å²) >= 11 is 0. The van der Waals surface area contributed by atoms with Crippen LogP contribution < -0.4 is 4.90 Å². The molecule has 116 valence electrons. The molecule has 2 aliphatic rings. The van der Waals surface area contributed by atoms with Crippen molar-refractivity contribution in [3.63, 3.8) is 0 Å². The van der Waals surface area contributed by atoms with E-state index in [-0.39, 0.29) is 17.5 Å². The van der Waals surface area contributed by atoms with Gasteiger partial charge in [-0.3, -0.25) is 14.9 Å². The smallest absolute Gasteiger partial charge is 0.332 e. The number of hydrogen-bond donors (Lipinski definition) is 0. The predicted octanol–water partition coefficient (Wildman–Crippen LogP) is 1.54. The Balaban J connectivity index is 1.98. The van der Waals surface area contributed by atoms with Crippen LogP contribution in [0, 0.1) is 10.1 Å². The van der Waals surface area contributed by atoms with E-state index in [1.54, 1.807) is 6.92 Å². The quantitative estimate of drug-likeness (QED) is 0.469. The van der Waals surface area contributed by atoms with E-state index in [4.69, 9.17) is 4.74 Å². The van der Waals surface area contributed by atoms with E-state index >= 15 is 0 Å². The van der Waals surface area contributed by atoms with E-state index in [1.807, 2.05) is 6.92 Å². The standard InChI is InChI=1S/C14H15N3O5/c1-8-7-15-12(9(2)22-8)13(18)16(14(15)19)10-4-3-5-11(6-10)17(20)21/h3-6,8-9,12H,7H2,1-2H3. The molecular weight excluding hydrogens is 290 g/mol. The number of anilines is 1. The Morgan fingerprint density at radius 1 is 1.32 bits per heavy atom. The zero-order chi connectivity index (χ0) is 16.0. The Labute approximate surface area is 126 Å². The fourth-order valence-corrected chi connectivity index (χ4v) is 3.00. The molecule has 0 aromatic heterocycles. The number of nitro benzene ring substituents is 1. The molecule has 0 radical (unpaired) electrons. The van der Waals surface area contributed by atoms with Gasteiger partial charge in [0, 0.05) is 18.7 Å². The number of nitro groups is 1. The number of carbonyl (C=O) groups is 2. The van der Waals surface area contributed by atoms with Crippen molar-refractivity contribution >= 4 is 23.3 Å². The number of imide groups is 1. The topological polar surface area (TPSA) is 93.0 Å². The van der Waals surface area contributed by atoms with Crippen molar-refractivity contribution in [1.29, 1.82) is 0 Å². The third-order valence-corrected chi connectivity index (χ3v) is 3.89. The van der Waals surface area contributed by atoms with Crippen LogP contribution in [0.15, 0.2) is 24.3 Å². The van der Waals surface area contributed by atoms with Crippen LogP contribution in [0.3, 0.4) is 0 Å². The Hall–Kier alpha value is -2.48. The average molecular weight is 305 g/mol. The van der Waals surface area contributed by atoms with E-state index in [1.165, 1.54) is 29.2 Å². The summed E-state index contributed by atoms with van der Waals surface area (Å²) in [6, 6.07) is 4.36. The number of urea groups is 1. The van der Waals surface area contributed by atoms with E-state index < -0.39 is 29.0 Å². The van der Waals surface area contributed by atoms with Gasteiger partial charge >= 0.3 is 6.03 Å². The largest absolute Gasteiger partial charge is 0.371 e. The van der Waals surface area contributed by atoms with Gasteiger partial charge in [0.2, 0.25) is 0 Å². The summed E-state index contributed by atoms with van der Waals surface area (Å²) in [5.41, 5.74) is 0.0408. The number of fused-ring (bicyclic) bond motifs is 1. The molecule has 2 saturated heterocycles. The van der Waals surface area contributed by atoms with Crippen molar-refractivity contribution in [3.8, 4) is 0 Å². The molecule has 8 nitrogen and oxygen atoms in total. The molecule has 0 saturated carbocycles. The highest BCUT2D eigenvalue weighted by Gasteiger charge is 2.51. The van der Waals surface area contributed by atoms with Crippen LogP contribution in [-0.4, -0.2) is 46.6 Å². The number of rotatable bonds is 2. The SMILES string of the molecule is CC1CN2C(=O)N(c3cccc([N+](=O)[O-])c3)C(=O)C2C(C)O1. The lowest BCUT2D eigenvalue weighted by molar-refractivity contribution is -0.384. The van der Waals surface area contributed by atoms with E-state index in [2.05, 4.69) is 0 Å². The molecule has 3 atom stereocenters. The van der Waals surface area contributed by atoms with E-state index in [9.17, 15) is 19.7 Å². The van der Waals surface area contributed by atoms with Crippen molar-refractivity contribution in [3.05, 3.63) is 34.4 Å². The van der Waals surface area contributed by atoms with Crippen LogP contribution in [0.5, 0.6) is 0 Å². The summed E-state index contributed by atoms with van der Waals surface area (Å²) in [5.74, 6) is -0.412. The van der Waals surface area contributed by atoms with Crippen LogP contribution in [0.1, 0.15) is 13.8 Å². The van der Waals surface area contributed by atoms with Crippen LogP contribution in [0.2, 0.25) is 0 Å². The number of benzene rings is 1. The second kappa shape index (κ2) is 5.06. The number of morpholine rings is 1. The number of nitrogens with zero attached hydrogens (tertiary/aromatic N) is 3. The Kier molecular flexibility index (Phi) is 3.32. The normalized spacial score (nSPS) is 28.0. The Morgan fingerprint density at radius 2 is 2.05 bits per heavy atom. The molecule has 1 aromatic carbocycles. The maximum atomic E-state index is 12.6. The fourth-order valence-electron chi connectivity index (χ4n) is 3.00. The molecule has 0 N–H and O–H groups in total. The highest BCUT2D eigenvalue weighted by atomic mass is 16.6. The van der Waals surface area contributed by atoms with Gasteiger partial charge in [-0.15, -0.1) is 0 Å². The summed E-state index contributed by atoms with van der Waals surface area (Å²) in [6.07, 6.45) is -0.572. The minimum atomic E-state index is -0.678. The van der Waals surface area contributed by atoms with Crippen molar-refractivity contribution in [2.75, 3.05) is 11.4 Å². The molecule has 1 aromatic rings. The molecule has 22 heavy (non-hydrogen) atoms. The molecule has 2 aliphatic heterocycles. The highest BCUT2D eigenvalue weighted by Crippen LogP contribution is 2.32. The minimum absolute atomic E-state index is 0.159. The van der Waals surface area contributed by atoms with E-state index in [0.717, 1.165) is 4.90 Å². The van der Waals surface area contributed by atoms with Gasteiger partial charge < -0.3 is 9.64 Å². The van der Waals surface area contributed by atoms with Gasteiger partial charge in [-0.25, -0.2) is 9.69 Å². The van der Waals surface area contributed by atoms with Crippen LogP contribution in [0.25, 0.3) is 0 Å². The number of carbonyl (C=O) groups excluding carboxylic acids is 2. The van der Waals surface area contributed by atoms with Crippen LogP contribution in [0.4, 0.5) is 16.2 Å². The molecule has 3 unspecified atom stereocenters. The molecule has 0 spiro atoms. The van der Waals surface area contributed by atoms with Crippen molar-refractivity contribution in [2.45, 2.75) is 32.1 Å². The lowest BCUT2D eigenvalue weighted by Gasteiger charge is -2.35. The first-order valence-electron chi connectivity index (χ1n) is 6.94. The third-order valence-electron chi connectivity index (χ3n) is 3.89. The monoisotopic (exact) mass is 305 g/mol. The summed E-state index contributed by atoms with van der Waals surface area (Å²) in [6.45, 7) is 3.90. The molecule has 3 amide bonds. The molecule has 3 rings (SSSR count). The first-order chi connectivity index (χ1) is 10.4. The number of ether oxygens (including phenoxy) is 1. The van der Waals surface area contributed by atoms with Gasteiger partial charge in [0.15, 0.2) is 0 Å². The Bertz CT molecular complexity index is 662. The first kappa shape index (κ1) is 14.5. The summed E-state index contributed by atoms with van der Waals surface area (Å²) < 4.78 is 5.62. The van der Waals surface area contributed by atoms with Crippen LogP contribution >= 0.6 is 0 Å². The lowest BCUT2D eigenvalue weighted by Crippen LogP contribution is -2.53. The maximum absolute atomic E-state index is 12.6. The van der Waals surface area contributed by atoms with Gasteiger partial charge in [-0.05, 0) is 19.9 Å². The summed E-state index contributed by atoms with van der Waals surface area (Å²) in [4.78, 5) is 37.9. The van der Waals surface area contributed by atoms with Crippen molar-refractivity contribution in [2.24, 2.45) is 0 Å². The minimum Gasteiger partial charge on any atom is -0.371 e. The second-order valence-electron chi connectivity index (χ2n) is 5.48. The van der Waals surface area contributed by atoms with Gasteiger partial charge in [0.05, 0.1) is 22.8 Å². The fraction of sp³-hybridized carbons (Fsp3) is 0.429. The second-order valence-corrected chi connectivity index (χ2v) is 5.48. The average Bonchev–Trinajstić information content (AvgIpc) is 2.70. The molecule has 0 bridgehead atoms. The van der Waals surface area contributed by atoms with Gasteiger partial charge in [0.25, 0.3) is 11.6 Å². The molecule has 2 heterocycles. The van der Waals surface area contributed by atoms with Crippen molar-refractivity contribution in [1.82, 2.24) is 4.90 Å². The molecular formula is C14H15N3O5. The third kappa shape index (κ3) is 2.12. The number of non-ortho nitro benzene ring substituents is 1. The predicted molar refractivity (Wildman–Crippen MR) is 76.5 cm³/mol.